The highest BCUT2D eigenvalue weighted by Crippen LogP contribution is 2.22. The van der Waals surface area contributed by atoms with Crippen LogP contribution in [0.4, 0.5) is 4.39 Å². The van der Waals surface area contributed by atoms with Gasteiger partial charge in [-0.3, -0.25) is 0 Å². The number of morpholine rings is 1. The summed E-state index contributed by atoms with van der Waals surface area (Å²) in [6.45, 7) is 2.73. The summed E-state index contributed by atoms with van der Waals surface area (Å²) in [5, 5.41) is 0. The van der Waals surface area contributed by atoms with Gasteiger partial charge in [-0.15, -0.1) is 0 Å². The average molecular weight is 393 g/mol. The van der Waals surface area contributed by atoms with Gasteiger partial charge in [0.1, 0.15) is 17.3 Å². The monoisotopic (exact) mass is 393 g/mol. The maximum atomic E-state index is 14.2. The number of carbonyl (C=O) groups excluding carboxylic acids is 1. The lowest BCUT2D eigenvalue weighted by Crippen LogP contribution is -2.41. The minimum atomic E-state index is -4.05. The maximum absolute atomic E-state index is 14.2. The molecule has 0 N–H and O–H groups in total. The van der Waals surface area contributed by atoms with E-state index in [9.17, 15) is 17.6 Å². The van der Waals surface area contributed by atoms with Crippen molar-refractivity contribution in [1.29, 1.82) is 0 Å². The molecule has 3 rings (SSSR count). The van der Waals surface area contributed by atoms with E-state index in [1.807, 2.05) is 31.2 Å². The normalized spacial score (nSPS) is 15.5. The molecule has 0 saturated carbocycles. The van der Waals surface area contributed by atoms with Crippen LogP contribution < -0.4 is 0 Å². The zero-order valence-corrected chi connectivity index (χ0v) is 15.7. The van der Waals surface area contributed by atoms with Crippen molar-refractivity contribution >= 4 is 16.0 Å². The fraction of sp³-hybridized carbons (Fsp3) is 0.316. The molecule has 0 unspecified atom stereocenters. The second-order valence-electron chi connectivity index (χ2n) is 6.16. The van der Waals surface area contributed by atoms with E-state index in [1.54, 1.807) is 0 Å². The molecule has 144 valence electrons. The first kappa shape index (κ1) is 19.5. The largest absolute Gasteiger partial charge is 0.457 e. The third-order valence-electron chi connectivity index (χ3n) is 4.37. The summed E-state index contributed by atoms with van der Waals surface area (Å²) in [6, 6.07) is 10.7. The molecule has 2 aromatic carbocycles. The summed E-state index contributed by atoms with van der Waals surface area (Å²) < 4.78 is 51.1. The number of aryl methyl sites for hydroxylation is 1. The van der Waals surface area contributed by atoms with Gasteiger partial charge in [0, 0.05) is 13.1 Å². The first-order valence-corrected chi connectivity index (χ1v) is 9.92. The minimum absolute atomic E-state index is 0.0168. The van der Waals surface area contributed by atoms with E-state index in [0.29, 0.717) is 0 Å². The molecule has 6 nitrogen and oxygen atoms in total. The third-order valence-corrected chi connectivity index (χ3v) is 6.29. The first-order chi connectivity index (χ1) is 12.9. The Morgan fingerprint density at radius 1 is 1.19 bits per heavy atom. The Kier molecular flexibility index (Phi) is 5.88. The van der Waals surface area contributed by atoms with Crippen molar-refractivity contribution in [3.8, 4) is 0 Å². The van der Waals surface area contributed by atoms with Crippen LogP contribution in [0, 0.1) is 12.7 Å². The molecule has 0 amide bonds. The Morgan fingerprint density at radius 3 is 2.59 bits per heavy atom. The van der Waals surface area contributed by atoms with Gasteiger partial charge in [0.05, 0.1) is 18.8 Å². The van der Waals surface area contributed by atoms with Gasteiger partial charge in [0.25, 0.3) is 0 Å². The van der Waals surface area contributed by atoms with E-state index in [4.69, 9.17) is 9.47 Å². The molecule has 0 spiro atoms. The number of esters is 1. The lowest BCUT2D eigenvalue weighted by atomic mass is 10.1. The molecule has 27 heavy (non-hydrogen) atoms. The summed E-state index contributed by atoms with van der Waals surface area (Å²) in [5.74, 6) is -1.62. The Bertz CT molecular complexity index is 939. The van der Waals surface area contributed by atoms with Crippen LogP contribution in [0.25, 0.3) is 0 Å². The van der Waals surface area contributed by atoms with Crippen LogP contribution in [0.1, 0.15) is 21.5 Å². The summed E-state index contributed by atoms with van der Waals surface area (Å²) >= 11 is 0. The molecule has 0 bridgehead atoms. The summed E-state index contributed by atoms with van der Waals surface area (Å²) in [7, 11) is -4.05. The van der Waals surface area contributed by atoms with Crippen molar-refractivity contribution in [2.75, 3.05) is 26.3 Å². The van der Waals surface area contributed by atoms with Crippen LogP contribution in [0.2, 0.25) is 0 Å². The van der Waals surface area contributed by atoms with E-state index in [-0.39, 0.29) is 38.5 Å². The SMILES string of the molecule is Cc1ccccc1COC(=O)c1ccc(F)c(S(=O)(=O)N2CCOCC2)c1. The average Bonchev–Trinajstić information content (AvgIpc) is 2.68. The predicted molar refractivity (Wildman–Crippen MR) is 96.3 cm³/mol. The molecule has 0 aromatic heterocycles. The minimum Gasteiger partial charge on any atom is -0.457 e. The summed E-state index contributed by atoms with van der Waals surface area (Å²) in [6.07, 6.45) is 0. The Balaban J connectivity index is 1.80. The molecule has 0 radical (unpaired) electrons. The molecule has 1 aliphatic rings. The number of carbonyl (C=O) groups is 1. The number of hydrogen-bond donors (Lipinski definition) is 0. The molecule has 2 aromatic rings. The zero-order chi connectivity index (χ0) is 19.4. The van der Waals surface area contributed by atoms with Gasteiger partial charge < -0.3 is 9.47 Å². The fourth-order valence-electron chi connectivity index (χ4n) is 2.75. The van der Waals surface area contributed by atoms with Crippen molar-refractivity contribution in [1.82, 2.24) is 4.31 Å². The molecular formula is C19H20FNO5S. The van der Waals surface area contributed by atoms with Crippen LogP contribution in [-0.4, -0.2) is 45.0 Å². The number of rotatable bonds is 5. The fourth-order valence-corrected chi connectivity index (χ4v) is 4.25. The van der Waals surface area contributed by atoms with Crippen LogP contribution in [0.3, 0.4) is 0 Å². The van der Waals surface area contributed by atoms with E-state index >= 15 is 0 Å². The van der Waals surface area contributed by atoms with Gasteiger partial charge in [-0.25, -0.2) is 17.6 Å². The van der Waals surface area contributed by atoms with Crippen molar-refractivity contribution in [3.05, 3.63) is 65.0 Å². The second kappa shape index (κ2) is 8.16. The number of hydrogen-bond acceptors (Lipinski definition) is 5. The highest BCUT2D eigenvalue weighted by molar-refractivity contribution is 7.89. The van der Waals surface area contributed by atoms with Crippen LogP contribution >= 0.6 is 0 Å². The van der Waals surface area contributed by atoms with Gasteiger partial charge in [-0.1, -0.05) is 24.3 Å². The molecular weight excluding hydrogens is 373 g/mol. The maximum Gasteiger partial charge on any atom is 0.338 e. The highest BCUT2D eigenvalue weighted by Gasteiger charge is 2.30. The number of halogens is 1. The highest BCUT2D eigenvalue weighted by atomic mass is 32.2. The third kappa shape index (κ3) is 4.35. The molecule has 0 atom stereocenters. The lowest BCUT2D eigenvalue weighted by molar-refractivity contribution is 0.0471. The smallest absolute Gasteiger partial charge is 0.338 e. The standard InChI is InChI=1S/C19H20FNO5S/c1-14-4-2-3-5-16(14)13-26-19(22)15-6-7-17(20)18(12-15)27(23,24)21-8-10-25-11-9-21/h2-7,12H,8-11,13H2,1H3. The van der Waals surface area contributed by atoms with E-state index in [0.717, 1.165) is 27.6 Å². The Hall–Kier alpha value is -2.29. The van der Waals surface area contributed by atoms with Gasteiger partial charge in [-0.05, 0) is 36.2 Å². The molecule has 8 heteroatoms. The molecule has 0 aliphatic carbocycles. The number of benzene rings is 2. The van der Waals surface area contributed by atoms with Crippen molar-refractivity contribution in [3.63, 3.8) is 0 Å². The zero-order valence-electron chi connectivity index (χ0n) is 14.9. The second-order valence-corrected chi connectivity index (χ2v) is 8.07. The number of sulfonamides is 1. The molecule has 1 fully saturated rings. The van der Waals surface area contributed by atoms with E-state index in [1.165, 1.54) is 6.07 Å². The number of nitrogens with zero attached hydrogens (tertiary/aromatic N) is 1. The quantitative estimate of drug-likeness (QED) is 0.730. The van der Waals surface area contributed by atoms with Gasteiger partial charge in [-0.2, -0.15) is 4.31 Å². The molecule has 1 heterocycles. The van der Waals surface area contributed by atoms with Crippen molar-refractivity contribution < 1.29 is 27.1 Å². The van der Waals surface area contributed by atoms with E-state index in [2.05, 4.69) is 0 Å². The Labute approximate surface area is 157 Å². The van der Waals surface area contributed by atoms with Gasteiger partial charge in [0.15, 0.2) is 0 Å². The Morgan fingerprint density at radius 2 is 1.89 bits per heavy atom. The molecule has 1 aliphatic heterocycles. The number of ether oxygens (including phenoxy) is 2. The topological polar surface area (TPSA) is 72.9 Å². The van der Waals surface area contributed by atoms with Gasteiger partial charge in [0.2, 0.25) is 10.0 Å². The molecule has 1 saturated heterocycles. The predicted octanol–water partition coefficient (Wildman–Crippen LogP) is 2.51. The van der Waals surface area contributed by atoms with Crippen molar-refractivity contribution in [2.45, 2.75) is 18.4 Å². The van der Waals surface area contributed by atoms with Crippen LogP contribution in [-0.2, 0) is 26.1 Å². The van der Waals surface area contributed by atoms with E-state index < -0.39 is 26.7 Å². The van der Waals surface area contributed by atoms with Crippen molar-refractivity contribution in [2.24, 2.45) is 0 Å². The van der Waals surface area contributed by atoms with Crippen LogP contribution in [0.5, 0.6) is 0 Å². The lowest BCUT2D eigenvalue weighted by Gasteiger charge is -2.26. The summed E-state index contributed by atoms with van der Waals surface area (Å²) in [4.78, 5) is 11.8. The van der Waals surface area contributed by atoms with Crippen LogP contribution in [0.15, 0.2) is 47.4 Å². The summed E-state index contributed by atoms with van der Waals surface area (Å²) in [5.41, 5.74) is 1.80. The first-order valence-electron chi connectivity index (χ1n) is 8.48. The van der Waals surface area contributed by atoms with Gasteiger partial charge >= 0.3 is 5.97 Å².